The number of morpholine rings is 1. The topological polar surface area (TPSA) is 106 Å². The van der Waals surface area contributed by atoms with E-state index in [1.807, 2.05) is 52.7 Å². The standard InChI is InChI=1S/C22H24N4O5S2/c27-21(15-31-18-4-2-17(3-5-18)22-32-11-12-33-22)24-23-14-16-1-6-19(20(13-16)26(28)29)25-7-9-30-10-8-25/h1-6,13-14,22H,7-12,15H2,(H,24,27)/b23-14-. The Morgan fingerprint density at radius 1 is 1.21 bits per heavy atom. The van der Waals surface area contributed by atoms with Crippen LogP contribution in [0.5, 0.6) is 5.75 Å². The van der Waals surface area contributed by atoms with Gasteiger partial charge in [-0.2, -0.15) is 5.10 Å². The second-order valence-electron chi connectivity index (χ2n) is 7.33. The second kappa shape index (κ2) is 11.4. The molecule has 2 aliphatic rings. The van der Waals surface area contributed by atoms with Gasteiger partial charge in [0.25, 0.3) is 11.6 Å². The molecule has 2 saturated heterocycles. The number of thioether (sulfide) groups is 2. The quantitative estimate of drug-likeness (QED) is 0.342. The molecular weight excluding hydrogens is 464 g/mol. The van der Waals surface area contributed by atoms with E-state index in [-0.39, 0.29) is 12.3 Å². The third-order valence-corrected chi connectivity index (χ3v) is 8.20. The highest BCUT2D eigenvalue weighted by atomic mass is 32.2. The summed E-state index contributed by atoms with van der Waals surface area (Å²) in [4.78, 5) is 25.1. The number of benzene rings is 2. The van der Waals surface area contributed by atoms with Crippen molar-refractivity contribution >= 4 is 47.0 Å². The van der Waals surface area contributed by atoms with E-state index in [4.69, 9.17) is 9.47 Å². The summed E-state index contributed by atoms with van der Waals surface area (Å²) in [6.07, 6.45) is 1.37. The molecule has 2 aliphatic heterocycles. The smallest absolute Gasteiger partial charge is 0.293 e. The highest BCUT2D eigenvalue weighted by Gasteiger charge is 2.21. The normalized spacial score (nSPS) is 16.8. The van der Waals surface area contributed by atoms with Gasteiger partial charge in [-0.25, -0.2) is 5.43 Å². The van der Waals surface area contributed by atoms with E-state index in [0.29, 0.717) is 47.9 Å². The predicted octanol–water partition coefficient (Wildman–Crippen LogP) is 3.44. The number of nitro benzene ring substituents is 1. The van der Waals surface area contributed by atoms with E-state index in [1.54, 1.807) is 12.1 Å². The SMILES string of the molecule is O=C(COc1ccc(C2SCCS2)cc1)N/N=C\c1ccc(N2CCOCC2)c([N+](=O)[O-])c1. The average Bonchev–Trinajstić information content (AvgIpc) is 3.39. The number of hydrogen-bond donors (Lipinski definition) is 1. The average molecular weight is 489 g/mol. The molecule has 2 aromatic rings. The van der Waals surface area contributed by atoms with Gasteiger partial charge < -0.3 is 14.4 Å². The summed E-state index contributed by atoms with van der Waals surface area (Å²) in [5.41, 5.74) is 4.69. The molecule has 33 heavy (non-hydrogen) atoms. The first-order valence-corrected chi connectivity index (χ1v) is 12.6. The van der Waals surface area contributed by atoms with Gasteiger partial charge in [-0.3, -0.25) is 14.9 Å². The van der Waals surface area contributed by atoms with Crippen molar-refractivity contribution in [1.29, 1.82) is 0 Å². The number of nitrogens with zero attached hydrogens (tertiary/aromatic N) is 3. The minimum atomic E-state index is -0.420. The van der Waals surface area contributed by atoms with Crippen molar-refractivity contribution in [2.45, 2.75) is 4.58 Å². The third kappa shape index (κ3) is 6.40. The molecule has 4 rings (SSSR count). The number of carbonyl (C=O) groups is 1. The van der Waals surface area contributed by atoms with Gasteiger partial charge in [0.05, 0.1) is 28.9 Å². The summed E-state index contributed by atoms with van der Waals surface area (Å²) in [5, 5.41) is 15.4. The van der Waals surface area contributed by atoms with Crippen molar-refractivity contribution in [3.63, 3.8) is 0 Å². The van der Waals surface area contributed by atoms with Gasteiger partial charge in [0.2, 0.25) is 0 Å². The lowest BCUT2D eigenvalue weighted by molar-refractivity contribution is -0.384. The van der Waals surface area contributed by atoms with E-state index >= 15 is 0 Å². The lowest BCUT2D eigenvalue weighted by atomic mass is 10.1. The highest BCUT2D eigenvalue weighted by Crippen LogP contribution is 2.45. The van der Waals surface area contributed by atoms with Crippen molar-refractivity contribution in [2.75, 3.05) is 49.3 Å². The van der Waals surface area contributed by atoms with Crippen LogP contribution < -0.4 is 15.1 Å². The molecule has 2 fully saturated rings. The van der Waals surface area contributed by atoms with Crippen LogP contribution in [-0.2, 0) is 9.53 Å². The molecule has 11 heteroatoms. The van der Waals surface area contributed by atoms with Crippen LogP contribution in [0.1, 0.15) is 15.7 Å². The fourth-order valence-electron chi connectivity index (χ4n) is 3.47. The Morgan fingerprint density at radius 2 is 1.94 bits per heavy atom. The van der Waals surface area contributed by atoms with Gasteiger partial charge in [0, 0.05) is 36.2 Å². The molecule has 1 amide bonds. The molecule has 0 aromatic heterocycles. The number of carbonyl (C=O) groups excluding carboxylic acids is 1. The molecule has 0 spiro atoms. The van der Waals surface area contributed by atoms with Crippen LogP contribution >= 0.6 is 23.5 Å². The zero-order valence-electron chi connectivity index (χ0n) is 17.8. The van der Waals surface area contributed by atoms with Gasteiger partial charge in [0.1, 0.15) is 11.4 Å². The largest absolute Gasteiger partial charge is 0.484 e. The summed E-state index contributed by atoms with van der Waals surface area (Å²) in [6.45, 7) is 2.10. The monoisotopic (exact) mass is 488 g/mol. The van der Waals surface area contributed by atoms with Crippen molar-refractivity contribution in [2.24, 2.45) is 5.10 Å². The Morgan fingerprint density at radius 3 is 2.64 bits per heavy atom. The number of rotatable bonds is 8. The first-order valence-electron chi connectivity index (χ1n) is 10.5. The number of hydrazone groups is 1. The summed E-state index contributed by atoms with van der Waals surface area (Å²) >= 11 is 3.87. The van der Waals surface area contributed by atoms with E-state index in [9.17, 15) is 14.9 Å². The van der Waals surface area contributed by atoms with Gasteiger partial charge in [-0.15, -0.1) is 23.5 Å². The highest BCUT2D eigenvalue weighted by molar-refractivity contribution is 8.19. The molecule has 0 atom stereocenters. The van der Waals surface area contributed by atoms with Gasteiger partial charge >= 0.3 is 0 Å². The zero-order valence-corrected chi connectivity index (χ0v) is 19.5. The molecule has 2 aromatic carbocycles. The molecule has 0 unspecified atom stereocenters. The Balaban J connectivity index is 1.28. The second-order valence-corrected chi connectivity index (χ2v) is 10.1. The summed E-state index contributed by atoms with van der Waals surface area (Å²) in [5.74, 6) is 2.52. The fourth-order valence-corrected chi connectivity index (χ4v) is 6.33. The first kappa shape index (κ1) is 23.4. The van der Waals surface area contributed by atoms with Crippen molar-refractivity contribution < 1.29 is 19.2 Å². The van der Waals surface area contributed by atoms with Crippen LogP contribution in [0.2, 0.25) is 0 Å². The number of hydrogen-bond acceptors (Lipinski definition) is 9. The molecule has 0 bridgehead atoms. The van der Waals surface area contributed by atoms with Gasteiger partial charge in [-0.05, 0) is 23.8 Å². The molecule has 0 saturated carbocycles. The summed E-state index contributed by atoms with van der Waals surface area (Å²) in [7, 11) is 0. The third-order valence-electron chi connectivity index (χ3n) is 5.09. The van der Waals surface area contributed by atoms with Crippen LogP contribution in [0.25, 0.3) is 0 Å². The Bertz CT molecular complexity index is 1010. The van der Waals surface area contributed by atoms with Crippen LogP contribution in [0.15, 0.2) is 47.6 Å². The van der Waals surface area contributed by atoms with Gasteiger partial charge in [0.15, 0.2) is 6.61 Å². The molecule has 0 radical (unpaired) electrons. The van der Waals surface area contributed by atoms with Crippen molar-refractivity contribution in [1.82, 2.24) is 5.43 Å². The van der Waals surface area contributed by atoms with E-state index in [0.717, 1.165) is 0 Å². The molecule has 0 aliphatic carbocycles. The minimum Gasteiger partial charge on any atom is -0.484 e. The molecular formula is C22H24N4O5S2. The Labute approximate surface area is 200 Å². The van der Waals surface area contributed by atoms with E-state index < -0.39 is 10.8 Å². The molecule has 174 valence electrons. The van der Waals surface area contributed by atoms with E-state index in [2.05, 4.69) is 10.5 Å². The van der Waals surface area contributed by atoms with Crippen LogP contribution in [0.4, 0.5) is 11.4 Å². The van der Waals surface area contributed by atoms with Crippen molar-refractivity contribution in [3.05, 3.63) is 63.7 Å². The number of anilines is 1. The van der Waals surface area contributed by atoms with Crippen LogP contribution in [0.3, 0.4) is 0 Å². The molecule has 1 N–H and O–H groups in total. The maximum absolute atomic E-state index is 12.0. The number of amides is 1. The number of nitro groups is 1. The summed E-state index contributed by atoms with van der Waals surface area (Å²) in [6, 6.07) is 12.6. The maximum Gasteiger partial charge on any atom is 0.293 e. The number of nitrogens with one attached hydrogen (secondary N) is 1. The van der Waals surface area contributed by atoms with Gasteiger partial charge in [-0.1, -0.05) is 18.2 Å². The van der Waals surface area contributed by atoms with Crippen molar-refractivity contribution in [3.8, 4) is 5.75 Å². The molecule has 9 nitrogen and oxygen atoms in total. The molecule has 2 heterocycles. The fraction of sp³-hybridized carbons (Fsp3) is 0.364. The Hall–Kier alpha value is -2.76. The summed E-state index contributed by atoms with van der Waals surface area (Å²) < 4.78 is 11.3. The minimum absolute atomic E-state index is 0.00615. The predicted molar refractivity (Wildman–Crippen MR) is 131 cm³/mol. The van der Waals surface area contributed by atoms with Crippen LogP contribution in [0, 0.1) is 10.1 Å². The Kier molecular flexibility index (Phi) is 8.08. The zero-order chi connectivity index (χ0) is 23.0. The first-order chi connectivity index (χ1) is 16.1. The maximum atomic E-state index is 12.0. The lowest BCUT2D eigenvalue weighted by Gasteiger charge is -2.28. The van der Waals surface area contributed by atoms with E-state index in [1.165, 1.54) is 29.4 Å². The van der Waals surface area contributed by atoms with Crippen LogP contribution in [-0.4, -0.2) is 61.5 Å². The number of ether oxygens (including phenoxy) is 2. The lowest BCUT2D eigenvalue weighted by Crippen LogP contribution is -2.36.